The van der Waals surface area contributed by atoms with Gasteiger partial charge >= 0.3 is 0 Å². The molecule has 0 saturated carbocycles. The van der Waals surface area contributed by atoms with Gasteiger partial charge in [-0.25, -0.2) is 9.37 Å². The van der Waals surface area contributed by atoms with Gasteiger partial charge in [0.2, 0.25) is 0 Å². The number of aliphatic hydroxyl groups excluding tert-OH is 2. The van der Waals surface area contributed by atoms with Crippen LogP contribution in [0.4, 0.5) is 4.39 Å². The zero-order valence-corrected chi connectivity index (χ0v) is 13.6. The minimum Gasteiger partial charge on any atom is -0.392 e. The van der Waals surface area contributed by atoms with E-state index < -0.39 is 18.0 Å². The van der Waals surface area contributed by atoms with E-state index >= 15 is 0 Å². The highest BCUT2D eigenvalue weighted by atomic mass is 19.1. The average Bonchev–Trinajstić information content (AvgIpc) is 2.53. The normalized spacial score (nSPS) is 22.7. The van der Waals surface area contributed by atoms with Gasteiger partial charge in [0, 0.05) is 6.04 Å². The van der Waals surface area contributed by atoms with Crippen LogP contribution in [0.5, 0.6) is 0 Å². The van der Waals surface area contributed by atoms with E-state index in [1.807, 2.05) is 0 Å². The van der Waals surface area contributed by atoms with Gasteiger partial charge in [-0.05, 0) is 50.4 Å². The summed E-state index contributed by atoms with van der Waals surface area (Å²) in [5.74, 6) is -0.480. The molecule has 6 nitrogen and oxygen atoms in total. The Morgan fingerprint density at radius 3 is 3.04 bits per heavy atom. The number of fused-ring (bicyclic) bond motifs is 1. The Kier molecular flexibility index (Phi) is 4.93. The Bertz CT molecular complexity index is 792. The van der Waals surface area contributed by atoms with Crippen molar-refractivity contribution in [3.63, 3.8) is 0 Å². The number of hydrogen-bond donors (Lipinski definition) is 3. The molecule has 1 fully saturated rings. The second-order valence-corrected chi connectivity index (χ2v) is 6.48. The maximum Gasteiger partial charge on any atom is 0.261 e. The molecule has 1 aliphatic rings. The van der Waals surface area contributed by atoms with Crippen LogP contribution >= 0.6 is 0 Å². The van der Waals surface area contributed by atoms with Gasteiger partial charge in [-0.3, -0.25) is 9.36 Å². The first kappa shape index (κ1) is 17.0. The molecule has 3 rings (SSSR count). The highest BCUT2D eigenvalue weighted by molar-refractivity contribution is 5.80. The van der Waals surface area contributed by atoms with Crippen molar-refractivity contribution in [2.45, 2.75) is 51.0 Å². The van der Waals surface area contributed by atoms with Crippen LogP contribution in [-0.2, 0) is 6.54 Å². The van der Waals surface area contributed by atoms with E-state index in [1.54, 1.807) is 6.92 Å². The molecule has 1 aromatic heterocycles. The van der Waals surface area contributed by atoms with E-state index in [1.165, 1.54) is 23.0 Å². The van der Waals surface area contributed by atoms with Crippen molar-refractivity contribution in [2.75, 3.05) is 6.54 Å². The molecule has 0 aliphatic carbocycles. The number of aliphatic hydroxyl groups is 2. The molecule has 1 aromatic carbocycles. The summed E-state index contributed by atoms with van der Waals surface area (Å²) in [7, 11) is 0. The third kappa shape index (κ3) is 3.48. The van der Waals surface area contributed by atoms with Crippen LogP contribution in [0.3, 0.4) is 0 Å². The monoisotopic (exact) mass is 335 g/mol. The molecule has 2 aromatic rings. The molecule has 0 radical (unpaired) electrons. The van der Waals surface area contributed by atoms with Crippen LogP contribution in [0.15, 0.2) is 23.3 Å². The van der Waals surface area contributed by atoms with Gasteiger partial charge in [-0.1, -0.05) is 0 Å². The molecule has 0 amide bonds. The van der Waals surface area contributed by atoms with E-state index in [-0.39, 0.29) is 23.5 Å². The van der Waals surface area contributed by atoms with Crippen LogP contribution in [-0.4, -0.2) is 44.6 Å². The summed E-state index contributed by atoms with van der Waals surface area (Å²) in [6.07, 6.45) is 2.04. The van der Waals surface area contributed by atoms with Crippen molar-refractivity contribution in [3.8, 4) is 0 Å². The molecule has 3 atom stereocenters. The zero-order valence-electron chi connectivity index (χ0n) is 13.6. The maximum absolute atomic E-state index is 13.6. The van der Waals surface area contributed by atoms with Crippen LogP contribution in [0.25, 0.3) is 10.9 Å². The molecular weight excluding hydrogens is 313 g/mol. The highest BCUT2D eigenvalue weighted by Crippen LogP contribution is 2.16. The Morgan fingerprint density at radius 2 is 2.29 bits per heavy atom. The summed E-state index contributed by atoms with van der Waals surface area (Å²) in [6.45, 7) is 2.57. The highest BCUT2D eigenvalue weighted by Gasteiger charge is 2.25. The molecular formula is C17H22FN3O3. The van der Waals surface area contributed by atoms with Gasteiger partial charge in [-0.2, -0.15) is 0 Å². The topological polar surface area (TPSA) is 87.4 Å². The lowest BCUT2D eigenvalue weighted by atomic mass is 9.96. The fourth-order valence-corrected chi connectivity index (χ4v) is 3.31. The Labute approximate surface area is 139 Å². The summed E-state index contributed by atoms with van der Waals surface area (Å²) in [5, 5.41) is 23.6. The van der Waals surface area contributed by atoms with Gasteiger partial charge in [0.05, 0.1) is 36.0 Å². The Balaban J connectivity index is 1.79. The van der Waals surface area contributed by atoms with Crippen molar-refractivity contribution < 1.29 is 14.6 Å². The maximum atomic E-state index is 13.6. The predicted molar refractivity (Wildman–Crippen MR) is 88.4 cm³/mol. The molecule has 0 unspecified atom stereocenters. The summed E-state index contributed by atoms with van der Waals surface area (Å²) in [5.41, 5.74) is 0.694. The molecule has 0 bridgehead atoms. The van der Waals surface area contributed by atoms with Crippen molar-refractivity contribution in [3.05, 3.63) is 40.2 Å². The number of benzene rings is 1. The van der Waals surface area contributed by atoms with Crippen molar-refractivity contribution in [1.29, 1.82) is 0 Å². The Hall–Kier alpha value is -1.83. The SMILES string of the molecule is Cc1cc(F)cc2c(=O)n(C[C@@H](O)C[C@H]3NCCC[C@@H]3O)cnc12. The standard InChI is InChI=1S/C17H22FN3O3/c1-10-5-11(18)6-13-16(10)20-9-21(17(13)24)8-12(22)7-14-15(23)3-2-4-19-14/h5-6,9,12,14-15,19,22-23H,2-4,7-8H2,1H3/t12-,14+,15-/m0/s1. The van der Waals surface area contributed by atoms with Crippen LogP contribution < -0.4 is 10.9 Å². The predicted octanol–water partition coefficient (Wildman–Crippen LogP) is 0.708. The number of halogens is 1. The quantitative estimate of drug-likeness (QED) is 0.766. The number of nitrogens with one attached hydrogen (secondary N) is 1. The number of piperidine rings is 1. The molecule has 7 heteroatoms. The summed E-state index contributed by atoms with van der Waals surface area (Å²) in [6, 6.07) is 2.33. The van der Waals surface area contributed by atoms with Crippen molar-refractivity contribution >= 4 is 10.9 Å². The van der Waals surface area contributed by atoms with Crippen LogP contribution in [0, 0.1) is 12.7 Å². The van der Waals surface area contributed by atoms with E-state index in [4.69, 9.17) is 0 Å². The van der Waals surface area contributed by atoms with E-state index in [9.17, 15) is 19.4 Å². The van der Waals surface area contributed by atoms with Gasteiger partial charge in [0.25, 0.3) is 5.56 Å². The molecule has 1 aliphatic heterocycles. The van der Waals surface area contributed by atoms with Crippen LogP contribution in [0.2, 0.25) is 0 Å². The number of aromatic nitrogens is 2. The lowest BCUT2D eigenvalue weighted by Gasteiger charge is -2.30. The van der Waals surface area contributed by atoms with Gasteiger partial charge in [-0.15, -0.1) is 0 Å². The summed E-state index contributed by atoms with van der Waals surface area (Å²) in [4.78, 5) is 16.7. The first-order valence-corrected chi connectivity index (χ1v) is 8.20. The molecule has 3 N–H and O–H groups in total. The number of hydrogen-bond acceptors (Lipinski definition) is 5. The molecule has 24 heavy (non-hydrogen) atoms. The largest absolute Gasteiger partial charge is 0.392 e. The first-order valence-electron chi connectivity index (χ1n) is 8.20. The fraction of sp³-hybridized carbons (Fsp3) is 0.529. The van der Waals surface area contributed by atoms with E-state index in [2.05, 4.69) is 10.3 Å². The molecule has 2 heterocycles. The molecule has 130 valence electrons. The van der Waals surface area contributed by atoms with Crippen molar-refractivity contribution in [2.24, 2.45) is 0 Å². The summed E-state index contributed by atoms with van der Waals surface area (Å²) >= 11 is 0. The third-order valence-electron chi connectivity index (χ3n) is 4.56. The number of rotatable bonds is 4. The van der Waals surface area contributed by atoms with Gasteiger partial charge in [0.1, 0.15) is 5.82 Å². The minimum absolute atomic E-state index is 0.0578. The van der Waals surface area contributed by atoms with Gasteiger partial charge in [0.15, 0.2) is 0 Å². The van der Waals surface area contributed by atoms with E-state index in [0.717, 1.165) is 13.0 Å². The van der Waals surface area contributed by atoms with Crippen molar-refractivity contribution in [1.82, 2.24) is 14.9 Å². The smallest absolute Gasteiger partial charge is 0.261 e. The second-order valence-electron chi connectivity index (χ2n) is 6.48. The number of nitrogens with zero attached hydrogens (tertiary/aromatic N) is 2. The first-order chi connectivity index (χ1) is 11.5. The average molecular weight is 335 g/mol. The number of aryl methyl sites for hydroxylation is 1. The summed E-state index contributed by atoms with van der Waals surface area (Å²) < 4.78 is 14.9. The van der Waals surface area contributed by atoms with Crippen LogP contribution in [0.1, 0.15) is 24.8 Å². The molecule has 0 spiro atoms. The molecule has 1 saturated heterocycles. The second kappa shape index (κ2) is 6.96. The third-order valence-corrected chi connectivity index (χ3v) is 4.56. The Morgan fingerprint density at radius 1 is 1.50 bits per heavy atom. The fourth-order valence-electron chi connectivity index (χ4n) is 3.31. The zero-order chi connectivity index (χ0) is 17.3. The lowest BCUT2D eigenvalue weighted by Crippen LogP contribution is -2.47. The minimum atomic E-state index is -0.804. The van der Waals surface area contributed by atoms with Gasteiger partial charge < -0.3 is 15.5 Å². The van der Waals surface area contributed by atoms with E-state index in [0.29, 0.717) is 23.9 Å². The lowest BCUT2D eigenvalue weighted by molar-refractivity contribution is 0.0539.